The lowest BCUT2D eigenvalue weighted by Crippen LogP contribution is -2.56. The molecule has 1 saturated carbocycles. The van der Waals surface area contributed by atoms with Gasteiger partial charge in [-0.15, -0.1) is 0 Å². The van der Waals surface area contributed by atoms with Gasteiger partial charge in [-0.25, -0.2) is 0 Å². The molecule has 0 aromatic rings. The second-order valence-corrected chi connectivity index (χ2v) is 4.93. The van der Waals surface area contributed by atoms with Gasteiger partial charge in [-0.05, 0) is 26.2 Å². The van der Waals surface area contributed by atoms with Gasteiger partial charge in [-0.3, -0.25) is 4.79 Å². The zero-order valence-electron chi connectivity index (χ0n) is 10.4. The predicted octanol–water partition coefficient (Wildman–Crippen LogP) is 0.877. The Kier molecular flexibility index (Phi) is 4.74. The second kappa shape index (κ2) is 5.64. The zero-order chi connectivity index (χ0) is 12.2. The van der Waals surface area contributed by atoms with Crippen molar-refractivity contribution in [1.29, 1.82) is 0 Å². The summed E-state index contributed by atoms with van der Waals surface area (Å²) in [7, 11) is 0. The number of nitrogens with zero attached hydrogens (tertiary/aromatic N) is 1. The van der Waals surface area contributed by atoms with Crippen molar-refractivity contribution in [2.75, 3.05) is 13.2 Å². The standard InChI is InChI=1S/C12H24N2O2/c1-3-12(2,13)11(16)14(8-9-15)10-6-4-5-7-10/h10,15H,3-9,13H2,1-2H3. The minimum Gasteiger partial charge on any atom is -0.395 e. The van der Waals surface area contributed by atoms with E-state index in [0.29, 0.717) is 13.0 Å². The third kappa shape index (κ3) is 2.95. The van der Waals surface area contributed by atoms with E-state index in [2.05, 4.69) is 0 Å². The van der Waals surface area contributed by atoms with Crippen LogP contribution in [-0.2, 0) is 4.79 Å². The molecule has 94 valence electrons. The van der Waals surface area contributed by atoms with E-state index in [1.165, 1.54) is 12.8 Å². The zero-order valence-corrected chi connectivity index (χ0v) is 10.4. The first kappa shape index (κ1) is 13.5. The van der Waals surface area contributed by atoms with Crippen molar-refractivity contribution >= 4 is 5.91 Å². The van der Waals surface area contributed by atoms with Gasteiger partial charge < -0.3 is 15.7 Å². The normalized spacial score (nSPS) is 20.8. The van der Waals surface area contributed by atoms with Gasteiger partial charge in [-0.1, -0.05) is 19.8 Å². The number of rotatable bonds is 5. The molecule has 4 nitrogen and oxygen atoms in total. The van der Waals surface area contributed by atoms with Crippen molar-refractivity contribution < 1.29 is 9.90 Å². The van der Waals surface area contributed by atoms with Crippen molar-refractivity contribution in [3.63, 3.8) is 0 Å². The van der Waals surface area contributed by atoms with Gasteiger partial charge in [0.1, 0.15) is 0 Å². The molecule has 0 aromatic carbocycles. The quantitative estimate of drug-likeness (QED) is 0.734. The monoisotopic (exact) mass is 228 g/mol. The molecule has 0 spiro atoms. The molecular formula is C12H24N2O2. The summed E-state index contributed by atoms with van der Waals surface area (Å²) in [5.74, 6) is -0.0176. The Hall–Kier alpha value is -0.610. The van der Waals surface area contributed by atoms with Crippen molar-refractivity contribution in [1.82, 2.24) is 4.90 Å². The van der Waals surface area contributed by atoms with Gasteiger partial charge >= 0.3 is 0 Å². The highest BCUT2D eigenvalue weighted by Crippen LogP contribution is 2.25. The first-order valence-electron chi connectivity index (χ1n) is 6.23. The maximum atomic E-state index is 12.3. The van der Waals surface area contributed by atoms with Crippen molar-refractivity contribution in [2.45, 2.75) is 57.5 Å². The predicted molar refractivity (Wildman–Crippen MR) is 63.9 cm³/mol. The van der Waals surface area contributed by atoms with Gasteiger partial charge in [0.15, 0.2) is 0 Å². The lowest BCUT2D eigenvalue weighted by Gasteiger charge is -2.35. The third-order valence-electron chi connectivity index (χ3n) is 3.59. The molecule has 1 fully saturated rings. The first-order valence-corrected chi connectivity index (χ1v) is 6.23. The van der Waals surface area contributed by atoms with Crippen LogP contribution in [0.2, 0.25) is 0 Å². The fraction of sp³-hybridized carbons (Fsp3) is 0.917. The van der Waals surface area contributed by atoms with Crippen LogP contribution in [0.3, 0.4) is 0 Å². The van der Waals surface area contributed by atoms with Gasteiger partial charge in [0.2, 0.25) is 5.91 Å². The third-order valence-corrected chi connectivity index (χ3v) is 3.59. The number of carbonyl (C=O) groups excluding carboxylic acids is 1. The van der Waals surface area contributed by atoms with E-state index in [9.17, 15) is 4.79 Å². The van der Waals surface area contributed by atoms with Crippen LogP contribution in [0.25, 0.3) is 0 Å². The van der Waals surface area contributed by atoms with Crippen LogP contribution in [0.4, 0.5) is 0 Å². The molecular weight excluding hydrogens is 204 g/mol. The highest BCUT2D eigenvalue weighted by molar-refractivity contribution is 5.85. The highest BCUT2D eigenvalue weighted by atomic mass is 16.3. The number of carbonyl (C=O) groups is 1. The number of nitrogens with two attached hydrogens (primary N) is 1. The summed E-state index contributed by atoms with van der Waals surface area (Å²) in [6.45, 7) is 4.12. The molecule has 1 amide bonds. The fourth-order valence-corrected chi connectivity index (χ4v) is 2.25. The van der Waals surface area contributed by atoms with E-state index in [0.717, 1.165) is 12.8 Å². The molecule has 0 aliphatic heterocycles. The van der Waals surface area contributed by atoms with Crippen LogP contribution in [0.1, 0.15) is 46.0 Å². The molecule has 0 bridgehead atoms. The molecule has 1 atom stereocenters. The Labute approximate surface area is 97.8 Å². The van der Waals surface area contributed by atoms with E-state index < -0.39 is 5.54 Å². The first-order chi connectivity index (χ1) is 7.53. The lowest BCUT2D eigenvalue weighted by molar-refractivity contribution is -0.139. The molecule has 1 aliphatic carbocycles. The van der Waals surface area contributed by atoms with E-state index in [-0.39, 0.29) is 18.6 Å². The summed E-state index contributed by atoms with van der Waals surface area (Å²) >= 11 is 0. The van der Waals surface area contributed by atoms with E-state index in [1.807, 2.05) is 6.92 Å². The molecule has 4 heteroatoms. The average molecular weight is 228 g/mol. The van der Waals surface area contributed by atoms with Gasteiger partial charge in [0, 0.05) is 12.6 Å². The molecule has 0 aromatic heterocycles. The minimum absolute atomic E-state index is 0.0159. The SMILES string of the molecule is CCC(C)(N)C(=O)N(CCO)C1CCCC1. The Bertz CT molecular complexity index is 235. The second-order valence-electron chi connectivity index (χ2n) is 4.93. The van der Waals surface area contributed by atoms with E-state index in [1.54, 1.807) is 11.8 Å². The van der Waals surface area contributed by atoms with Crippen molar-refractivity contribution in [3.8, 4) is 0 Å². The van der Waals surface area contributed by atoms with E-state index in [4.69, 9.17) is 10.8 Å². The van der Waals surface area contributed by atoms with Gasteiger partial charge in [0.05, 0.1) is 12.1 Å². The summed E-state index contributed by atoms with van der Waals surface area (Å²) in [5, 5.41) is 9.05. The number of aliphatic hydroxyl groups excluding tert-OH is 1. The minimum atomic E-state index is -0.794. The van der Waals surface area contributed by atoms with Crippen LogP contribution in [0.15, 0.2) is 0 Å². The van der Waals surface area contributed by atoms with Gasteiger partial charge in [-0.2, -0.15) is 0 Å². The number of aliphatic hydroxyl groups is 1. The summed E-state index contributed by atoms with van der Waals surface area (Å²) in [4.78, 5) is 14.1. The summed E-state index contributed by atoms with van der Waals surface area (Å²) < 4.78 is 0. The molecule has 3 N–H and O–H groups in total. The molecule has 0 heterocycles. The summed E-state index contributed by atoms with van der Waals surface area (Å²) in [5.41, 5.74) is 5.19. The van der Waals surface area contributed by atoms with Crippen molar-refractivity contribution in [3.05, 3.63) is 0 Å². The average Bonchev–Trinajstić information content (AvgIpc) is 2.78. The van der Waals surface area contributed by atoms with Gasteiger partial charge in [0.25, 0.3) is 0 Å². The number of hydrogen-bond acceptors (Lipinski definition) is 3. The van der Waals surface area contributed by atoms with Crippen LogP contribution in [0.5, 0.6) is 0 Å². The van der Waals surface area contributed by atoms with Crippen molar-refractivity contribution in [2.24, 2.45) is 5.73 Å². The molecule has 0 saturated heterocycles. The Morgan fingerprint density at radius 2 is 2.06 bits per heavy atom. The lowest BCUT2D eigenvalue weighted by atomic mass is 9.97. The highest BCUT2D eigenvalue weighted by Gasteiger charge is 2.35. The summed E-state index contributed by atoms with van der Waals surface area (Å²) in [6.07, 6.45) is 5.07. The number of amides is 1. The maximum absolute atomic E-state index is 12.3. The molecule has 16 heavy (non-hydrogen) atoms. The molecule has 1 aliphatic rings. The Morgan fingerprint density at radius 3 is 2.50 bits per heavy atom. The summed E-state index contributed by atoms with van der Waals surface area (Å²) in [6, 6.07) is 0.286. The maximum Gasteiger partial charge on any atom is 0.242 e. The Morgan fingerprint density at radius 1 is 1.50 bits per heavy atom. The topological polar surface area (TPSA) is 66.6 Å². The van der Waals surface area contributed by atoms with Crippen LogP contribution in [0, 0.1) is 0 Å². The van der Waals surface area contributed by atoms with Crippen LogP contribution in [-0.4, -0.2) is 40.6 Å². The molecule has 1 rings (SSSR count). The molecule has 0 radical (unpaired) electrons. The smallest absolute Gasteiger partial charge is 0.242 e. The number of hydrogen-bond donors (Lipinski definition) is 2. The largest absolute Gasteiger partial charge is 0.395 e. The Balaban J connectivity index is 2.72. The molecule has 1 unspecified atom stereocenters. The fourth-order valence-electron chi connectivity index (χ4n) is 2.25. The van der Waals surface area contributed by atoms with E-state index >= 15 is 0 Å². The van der Waals surface area contributed by atoms with Crippen LogP contribution >= 0.6 is 0 Å². The van der Waals surface area contributed by atoms with Crippen LogP contribution < -0.4 is 5.73 Å².